The molecule has 1 saturated heterocycles. The van der Waals surface area contributed by atoms with E-state index in [9.17, 15) is 18.8 Å². The number of hydrogen-bond donors (Lipinski definition) is 0. The molecule has 1 amide bonds. The Morgan fingerprint density at radius 2 is 1.79 bits per heavy atom. The molecule has 0 spiro atoms. The molecule has 2 aromatic rings. The number of nitriles is 1. The highest BCUT2D eigenvalue weighted by atomic mass is 19.3. The highest BCUT2D eigenvalue weighted by molar-refractivity contribution is 6.01. The lowest BCUT2D eigenvalue weighted by Crippen LogP contribution is -2.39. The van der Waals surface area contributed by atoms with Gasteiger partial charge >= 0.3 is 6.61 Å². The minimum atomic E-state index is -2.89. The third kappa shape index (κ3) is 5.89. The second-order valence-electron chi connectivity index (χ2n) is 7.04. The van der Waals surface area contributed by atoms with Crippen LogP contribution >= 0.6 is 0 Å². The zero-order valence-electron chi connectivity index (χ0n) is 15.9. The number of benzene rings is 2. The Bertz CT molecular complexity index is 881. The van der Waals surface area contributed by atoms with Gasteiger partial charge in [0.1, 0.15) is 17.4 Å². The molecule has 29 heavy (non-hydrogen) atoms. The van der Waals surface area contributed by atoms with E-state index < -0.39 is 6.61 Å². The summed E-state index contributed by atoms with van der Waals surface area (Å²) in [7, 11) is 0. The average Bonchev–Trinajstić information content (AvgIpc) is 2.73. The van der Waals surface area contributed by atoms with Crippen LogP contribution in [-0.2, 0) is 11.2 Å². The summed E-state index contributed by atoms with van der Waals surface area (Å²) >= 11 is 0. The fraction of sp³-hybridized carbons (Fsp3) is 0.304. The average molecular weight is 396 g/mol. The highest BCUT2D eigenvalue weighted by Gasteiger charge is 2.25. The number of piperidine rings is 1. The predicted octanol–water partition coefficient (Wildman–Crippen LogP) is 4.68. The molecule has 2 aromatic carbocycles. The van der Waals surface area contributed by atoms with Crippen molar-refractivity contribution in [2.24, 2.45) is 5.92 Å². The topological polar surface area (TPSA) is 53.3 Å². The number of halogens is 2. The number of hydrogen-bond acceptors (Lipinski definition) is 3. The van der Waals surface area contributed by atoms with Gasteiger partial charge in [0, 0.05) is 13.1 Å². The first-order chi connectivity index (χ1) is 14.0. The Hall–Kier alpha value is -3.20. The molecule has 3 rings (SSSR count). The van der Waals surface area contributed by atoms with Crippen LogP contribution < -0.4 is 4.74 Å². The molecular weight excluding hydrogens is 374 g/mol. The minimum Gasteiger partial charge on any atom is -0.435 e. The molecule has 0 aromatic heterocycles. The van der Waals surface area contributed by atoms with Crippen molar-refractivity contribution in [3.8, 4) is 11.8 Å². The van der Waals surface area contributed by atoms with Crippen LogP contribution in [0.1, 0.15) is 24.0 Å². The van der Waals surface area contributed by atoms with Crippen LogP contribution in [0.15, 0.2) is 60.2 Å². The molecular formula is C23H22F2N2O2. The van der Waals surface area contributed by atoms with Crippen molar-refractivity contribution in [2.45, 2.75) is 25.9 Å². The lowest BCUT2D eigenvalue weighted by Gasteiger charge is -2.32. The molecule has 0 radical (unpaired) electrons. The molecule has 6 heteroatoms. The van der Waals surface area contributed by atoms with E-state index in [1.807, 2.05) is 24.3 Å². The molecule has 0 bridgehead atoms. The Morgan fingerprint density at radius 3 is 2.38 bits per heavy atom. The van der Waals surface area contributed by atoms with Gasteiger partial charge in [-0.2, -0.15) is 14.0 Å². The molecule has 0 unspecified atom stereocenters. The fourth-order valence-electron chi connectivity index (χ4n) is 3.51. The van der Waals surface area contributed by atoms with E-state index >= 15 is 0 Å². The number of rotatable bonds is 6. The highest BCUT2D eigenvalue weighted by Crippen LogP contribution is 2.23. The van der Waals surface area contributed by atoms with E-state index in [2.05, 4.69) is 16.9 Å². The molecule has 0 aliphatic carbocycles. The smallest absolute Gasteiger partial charge is 0.387 e. The van der Waals surface area contributed by atoms with Crippen LogP contribution in [0.4, 0.5) is 8.78 Å². The van der Waals surface area contributed by atoms with Crippen molar-refractivity contribution in [3.05, 3.63) is 71.3 Å². The van der Waals surface area contributed by atoms with Gasteiger partial charge in [-0.25, -0.2) is 0 Å². The Kier molecular flexibility index (Phi) is 6.96. The Morgan fingerprint density at radius 1 is 1.14 bits per heavy atom. The summed E-state index contributed by atoms with van der Waals surface area (Å²) in [5.74, 6) is 0.263. The van der Waals surface area contributed by atoms with E-state index in [1.54, 1.807) is 4.90 Å². The second-order valence-corrected chi connectivity index (χ2v) is 7.04. The SMILES string of the molecule is N#C/C(=C\c1ccc(OC(F)F)cc1)C(=O)N1CCC(Cc2ccccc2)CC1. The van der Waals surface area contributed by atoms with Crippen LogP contribution in [0.3, 0.4) is 0 Å². The van der Waals surface area contributed by atoms with Gasteiger partial charge in [0.25, 0.3) is 5.91 Å². The number of ether oxygens (including phenoxy) is 1. The van der Waals surface area contributed by atoms with Gasteiger partial charge in [0.15, 0.2) is 0 Å². The summed E-state index contributed by atoms with van der Waals surface area (Å²) in [5.41, 5.74) is 1.92. The summed E-state index contributed by atoms with van der Waals surface area (Å²) in [6.45, 7) is -1.65. The number of nitrogens with zero attached hydrogens (tertiary/aromatic N) is 2. The summed E-state index contributed by atoms with van der Waals surface area (Å²) in [5, 5.41) is 9.42. The molecule has 1 aliphatic heterocycles. The number of likely N-dealkylation sites (tertiary alicyclic amines) is 1. The minimum absolute atomic E-state index is 0.0301. The molecule has 4 nitrogen and oxygen atoms in total. The largest absolute Gasteiger partial charge is 0.435 e. The first-order valence-electron chi connectivity index (χ1n) is 9.55. The second kappa shape index (κ2) is 9.83. The molecule has 0 saturated carbocycles. The summed E-state index contributed by atoms with van der Waals surface area (Å²) in [4.78, 5) is 14.4. The summed E-state index contributed by atoms with van der Waals surface area (Å²) in [6.07, 6.45) is 4.28. The summed E-state index contributed by atoms with van der Waals surface area (Å²) in [6, 6.07) is 18.1. The molecule has 0 N–H and O–H groups in total. The van der Waals surface area contributed by atoms with Crippen LogP contribution in [-0.4, -0.2) is 30.5 Å². The van der Waals surface area contributed by atoms with E-state index in [1.165, 1.54) is 35.9 Å². The molecule has 0 atom stereocenters. The van der Waals surface area contributed by atoms with Gasteiger partial charge in [0.05, 0.1) is 0 Å². The van der Waals surface area contributed by atoms with Crippen LogP contribution in [0, 0.1) is 17.2 Å². The van der Waals surface area contributed by atoms with Crippen molar-refractivity contribution in [1.29, 1.82) is 5.26 Å². The lowest BCUT2D eigenvalue weighted by molar-refractivity contribution is -0.127. The maximum Gasteiger partial charge on any atom is 0.387 e. The maximum atomic E-state index is 12.7. The molecule has 150 valence electrons. The van der Waals surface area contributed by atoms with Gasteiger partial charge in [-0.15, -0.1) is 0 Å². The lowest BCUT2D eigenvalue weighted by atomic mass is 9.90. The number of alkyl halides is 2. The van der Waals surface area contributed by atoms with Gasteiger partial charge in [-0.3, -0.25) is 4.79 Å². The number of carbonyl (C=O) groups excluding carboxylic acids is 1. The van der Waals surface area contributed by atoms with Gasteiger partial charge < -0.3 is 9.64 Å². The standard InChI is InChI=1S/C23H22F2N2O2/c24-23(25)29-21-8-6-18(7-9-21)15-20(16-26)22(28)27-12-10-19(11-13-27)14-17-4-2-1-3-5-17/h1-9,15,19,23H,10-14H2/b20-15+. The maximum absolute atomic E-state index is 12.7. The fourth-order valence-corrected chi connectivity index (χ4v) is 3.51. The van der Waals surface area contributed by atoms with Crippen LogP contribution in [0.25, 0.3) is 6.08 Å². The number of amides is 1. The van der Waals surface area contributed by atoms with E-state index in [0.29, 0.717) is 24.6 Å². The van der Waals surface area contributed by atoms with Crippen molar-refractivity contribution in [1.82, 2.24) is 4.90 Å². The van der Waals surface area contributed by atoms with Crippen LogP contribution in [0.2, 0.25) is 0 Å². The zero-order chi connectivity index (χ0) is 20.6. The summed E-state index contributed by atoms with van der Waals surface area (Å²) < 4.78 is 28.7. The normalized spacial score (nSPS) is 15.2. The van der Waals surface area contributed by atoms with Crippen molar-refractivity contribution in [2.75, 3.05) is 13.1 Å². The first-order valence-corrected chi connectivity index (χ1v) is 9.55. The monoisotopic (exact) mass is 396 g/mol. The molecule has 1 aliphatic rings. The molecule has 1 fully saturated rings. The Labute approximate surface area is 169 Å². The predicted molar refractivity (Wildman–Crippen MR) is 106 cm³/mol. The van der Waals surface area contributed by atoms with Gasteiger partial charge in [-0.1, -0.05) is 42.5 Å². The van der Waals surface area contributed by atoms with E-state index in [-0.39, 0.29) is 17.2 Å². The third-order valence-electron chi connectivity index (χ3n) is 5.04. The third-order valence-corrected chi connectivity index (χ3v) is 5.04. The molecule has 1 heterocycles. The number of carbonyl (C=O) groups is 1. The Balaban J connectivity index is 1.58. The van der Waals surface area contributed by atoms with Gasteiger partial charge in [0.2, 0.25) is 0 Å². The van der Waals surface area contributed by atoms with Gasteiger partial charge in [-0.05, 0) is 54.5 Å². The van der Waals surface area contributed by atoms with Crippen molar-refractivity contribution in [3.63, 3.8) is 0 Å². The van der Waals surface area contributed by atoms with Crippen molar-refractivity contribution < 1.29 is 18.3 Å². The van der Waals surface area contributed by atoms with E-state index in [0.717, 1.165) is 19.3 Å². The quantitative estimate of drug-likeness (QED) is 0.526. The van der Waals surface area contributed by atoms with Crippen LogP contribution in [0.5, 0.6) is 5.75 Å². The van der Waals surface area contributed by atoms with E-state index in [4.69, 9.17) is 0 Å². The zero-order valence-corrected chi connectivity index (χ0v) is 15.9. The van der Waals surface area contributed by atoms with Crippen molar-refractivity contribution >= 4 is 12.0 Å². The first kappa shape index (κ1) is 20.5.